The summed E-state index contributed by atoms with van der Waals surface area (Å²) in [7, 11) is 1.91. The lowest BCUT2D eigenvalue weighted by molar-refractivity contribution is 0.287. The van der Waals surface area contributed by atoms with E-state index in [1.54, 1.807) is 0 Å². The molecule has 0 aliphatic heterocycles. The number of hydrogen-bond donors (Lipinski definition) is 0. The van der Waals surface area contributed by atoms with Gasteiger partial charge in [0.2, 0.25) is 5.82 Å². The molecular weight excluding hydrogens is 280 g/mol. The summed E-state index contributed by atoms with van der Waals surface area (Å²) >= 11 is 0. The molecule has 0 fully saturated rings. The Labute approximate surface area is 128 Å². The average Bonchev–Trinajstić information content (AvgIpc) is 3.12. The first kappa shape index (κ1) is 14.3. The third-order valence-electron chi connectivity index (χ3n) is 3.31. The summed E-state index contributed by atoms with van der Waals surface area (Å²) in [4.78, 5) is 4.33. The molecular formula is C16H18N4O2. The molecule has 0 spiro atoms. The fraction of sp³-hybridized carbons (Fsp3) is 0.312. The van der Waals surface area contributed by atoms with Crippen molar-refractivity contribution in [3.05, 3.63) is 47.9 Å². The molecule has 0 saturated heterocycles. The molecule has 6 heteroatoms. The number of aryl methyl sites for hydroxylation is 1. The number of benzene rings is 1. The number of hydrogen-bond acceptors (Lipinski definition) is 5. The number of aromatic nitrogens is 4. The van der Waals surface area contributed by atoms with Crippen LogP contribution >= 0.6 is 0 Å². The minimum atomic E-state index is 0.261. The molecule has 0 saturated carbocycles. The van der Waals surface area contributed by atoms with Gasteiger partial charge in [-0.1, -0.05) is 37.2 Å². The molecule has 22 heavy (non-hydrogen) atoms. The summed E-state index contributed by atoms with van der Waals surface area (Å²) < 4.78 is 12.7. The highest BCUT2D eigenvalue weighted by atomic mass is 16.5. The minimum absolute atomic E-state index is 0.261. The molecule has 1 aromatic carbocycles. The van der Waals surface area contributed by atoms with Crippen molar-refractivity contribution in [2.45, 2.75) is 26.4 Å². The fourth-order valence-corrected chi connectivity index (χ4v) is 2.21. The molecule has 2 aromatic heterocycles. The Hall–Kier alpha value is -2.63. The summed E-state index contributed by atoms with van der Waals surface area (Å²) in [6.45, 7) is 4.50. The lowest BCUT2D eigenvalue weighted by atomic mass is 10.1. The standard InChI is InChI=1S/C16H18N4O2/c1-11(2)14-9-13(18-20(14)3)16-17-15(19-22-16)10-21-12-7-5-4-6-8-12/h4-9,11H,10H2,1-3H3. The van der Waals surface area contributed by atoms with E-state index < -0.39 is 0 Å². The predicted molar refractivity (Wildman–Crippen MR) is 81.4 cm³/mol. The molecule has 2 heterocycles. The van der Waals surface area contributed by atoms with Gasteiger partial charge in [-0.25, -0.2) is 0 Å². The van der Waals surface area contributed by atoms with Gasteiger partial charge in [-0.3, -0.25) is 4.68 Å². The van der Waals surface area contributed by atoms with Crippen LogP contribution in [0.2, 0.25) is 0 Å². The van der Waals surface area contributed by atoms with Gasteiger partial charge in [-0.2, -0.15) is 10.1 Å². The van der Waals surface area contributed by atoms with E-state index in [1.165, 1.54) is 0 Å². The van der Waals surface area contributed by atoms with Crippen molar-refractivity contribution in [3.63, 3.8) is 0 Å². The SMILES string of the molecule is CC(C)c1cc(-c2nc(COc3ccccc3)no2)nn1C. The molecule has 0 aliphatic carbocycles. The van der Waals surface area contributed by atoms with Gasteiger partial charge in [0.1, 0.15) is 5.75 Å². The highest BCUT2D eigenvalue weighted by Gasteiger charge is 2.15. The highest BCUT2D eigenvalue weighted by molar-refractivity contribution is 5.47. The van der Waals surface area contributed by atoms with Crippen molar-refractivity contribution in [1.29, 1.82) is 0 Å². The Morgan fingerprint density at radius 2 is 2.00 bits per heavy atom. The third kappa shape index (κ3) is 3.00. The number of para-hydroxylation sites is 1. The van der Waals surface area contributed by atoms with Crippen molar-refractivity contribution in [2.24, 2.45) is 7.05 Å². The van der Waals surface area contributed by atoms with Gasteiger partial charge in [0.05, 0.1) is 0 Å². The maximum absolute atomic E-state index is 5.60. The Bertz CT molecular complexity index is 747. The first-order chi connectivity index (χ1) is 10.6. The van der Waals surface area contributed by atoms with Crippen LogP contribution in [0, 0.1) is 0 Å². The molecule has 3 aromatic rings. The molecule has 0 bridgehead atoms. The van der Waals surface area contributed by atoms with Crippen LogP contribution in [0.25, 0.3) is 11.6 Å². The van der Waals surface area contributed by atoms with Crippen molar-refractivity contribution in [2.75, 3.05) is 0 Å². The smallest absolute Gasteiger partial charge is 0.278 e. The second-order valence-corrected chi connectivity index (χ2v) is 5.35. The van der Waals surface area contributed by atoms with E-state index in [9.17, 15) is 0 Å². The average molecular weight is 298 g/mol. The maximum atomic E-state index is 5.60. The normalized spacial score (nSPS) is 11.1. The van der Waals surface area contributed by atoms with Gasteiger partial charge < -0.3 is 9.26 Å². The number of nitrogens with zero attached hydrogens (tertiary/aromatic N) is 4. The van der Waals surface area contributed by atoms with E-state index in [2.05, 4.69) is 29.1 Å². The maximum Gasteiger partial charge on any atom is 0.278 e. The van der Waals surface area contributed by atoms with Crippen molar-refractivity contribution in [1.82, 2.24) is 19.9 Å². The van der Waals surface area contributed by atoms with E-state index in [0.717, 1.165) is 11.4 Å². The predicted octanol–water partition coefficient (Wildman–Crippen LogP) is 3.17. The lowest BCUT2D eigenvalue weighted by Crippen LogP contribution is -1.99. The van der Waals surface area contributed by atoms with Gasteiger partial charge in [0.25, 0.3) is 5.89 Å². The molecule has 0 N–H and O–H groups in total. The van der Waals surface area contributed by atoms with E-state index in [-0.39, 0.29) is 6.61 Å². The highest BCUT2D eigenvalue weighted by Crippen LogP contribution is 2.21. The van der Waals surface area contributed by atoms with Crippen LogP contribution in [0.4, 0.5) is 0 Å². The van der Waals surface area contributed by atoms with Gasteiger partial charge in [0, 0.05) is 12.7 Å². The molecule has 0 aliphatic rings. The Balaban J connectivity index is 1.72. The van der Waals surface area contributed by atoms with Crippen molar-refractivity contribution < 1.29 is 9.26 Å². The second-order valence-electron chi connectivity index (χ2n) is 5.35. The zero-order chi connectivity index (χ0) is 15.5. The zero-order valence-electron chi connectivity index (χ0n) is 12.9. The quantitative estimate of drug-likeness (QED) is 0.723. The third-order valence-corrected chi connectivity index (χ3v) is 3.31. The fourth-order valence-electron chi connectivity index (χ4n) is 2.21. The molecule has 3 rings (SSSR count). The topological polar surface area (TPSA) is 66.0 Å². The van der Waals surface area contributed by atoms with Crippen LogP contribution in [0.15, 0.2) is 40.9 Å². The zero-order valence-corrected chi connectivity index (χ0v) is 12.9. The summed E-state index contributed by atoms with van der Waals surface area (Å²) in [6.07, 6.45) is 0. The van der Waals surface area contributed by atoms with Crippen LogP contribution in [-0.4, -0.2) is 19.9 Å². The first-order valence-corrected chi connectivity index (χ1v) is 7.18. The number of ether oxygens (including phenoxy) is 1. The van der Waals surface area contributed by atoms with Crippen LogP contribution < -0.4 is 4.74 Å². The molecule has 0 radical (unpaired) electrons. The van der Waals surface area contributed by atoms with Crippen LogP contribution in [0.5, 0.6) is 5.75 Å². The molecule has 0 atom stereocenters. The number of rotatable bonds is 5. The summed E-state index contributed by atoms with van der Waals surface area (Å²) in [5, 5.41) is 8.34. The molecule has 0 amide bonds. The van der Waals surface area contributed by atoms with Crippen molar-refractivity contribution in [3.8, 4) is 17.3 Å². The van der Waals surface area contributed by atoms with Gasteiger partial charge in [0.15, 0.2) is 12.3 Å². The van der Waals surface area contributed by atoms with E-state index in [1.807, 2.05) is 48.1 Å². The van der Waals surface area contributed by atoms with Gasteiger partial charge >= 0.3 is 0 Å². The first-order valence-electron chi connectivity index (χ1n) is 7.18. The Kier molecular flexibility index (Phi) is 3.91. The van der Waals surface area contributed by atoms with Crippen LogP contribution in [0.3, 0.4) is 0 Å². The van der Waals surface area contributed by atoms with Gasteiger partial charge in [-0.05, 0) is 24.1 Å². The summed E-state index contributed by atoms with van der Waals surface area (Å²) in [5.74, 6) is 2.06. The molecule has 114 valence electrons. The largest absolute Gasteiger partial charge is 0.485 e. The van der Waals surface area contributed by atoms with Crippen LogP contribution in [-0.2, 0) is 13.7 Å². The van der Waals surface area contributed by atoms with E-state index in [4.69, 9.17) is 9.26 Å². The lowest BCUT2D eigenvalue weighted by Gasteiger charge is -2.02. The van der Waals surface area contributed by atoms with Crippen LogP contribution in [0.1, 0.15) is 31.3 Å². The summed E-state index contributed by atoms with van der Waals surface area (Å²) in [5.41, 5.74) is 1.81. The molecule has 0 unspecified atom stereocenters. The monoisotopic (exact) mass is 298 g/mol. The Morgan fingerprint density at radius 3 is 2.68 bits per heavy atom. The van der Waals surface area contributed by atoms with Crippen molar-refractivity contribution >= 4 is 0 Å². The minimum Gasteiger partial charge on any atom is -0.485 e. The van der Waals surface area contributed by atoms with E-state index in [0.29, 0.717) is 23.3 Å². The molecule has 6 nitrogen and oxygen atoms in total. The Morgan fingerprint density at radius 1 is 1.23 bits per heavy atom. The second kappa shape index (κ2) is 6.01. The van der Waals surface area contributed by atoms with E-state index >= 15 is 0 Å². The summed E-state index contributed by atoms with van der Waals surface area (Å²) in [6, 6.07) is 11.5. The van der Waals surface area contributed by atoms with Gasteiger partial charge in [-0.15, -0.1) is 0 Å².